The minimum Gasteiger partial charge on any atom is -0.309 e. The average Bonchev–Trinajstić information content (AvgIpc) is 2.93. The molecule has 1 aromatic heterocycles. The molecule has 2 aromatic rings. The molecule has 1 N–H and O–H groups in total. The molecule has 2 rings (SSSR count). The molecule has 0 saturated heterocycles. The molecular formula is C15H21N3S. The fourth-order valence-corrected chi connectivity index (χ4v) is 2.53. The van der Waals surface area contributed by atoms with E-state index < -0.39 is 0 Å². The van der Waals surface area contributed by atoms with Crippen LogP contribution < -0.4 is 5.32 Å². The van der Waals surface area contributed by atoms with Crippen LogP contribution in [-0.4, -0.2) is 36.6 Å². The van der Waals surface area contributed by atoms with Crippen LogP contribution in [0.15, 0.2) is 35.7 Å². The Morgan fingerprint density at radius 1 is 1.26 bits per heavy atom. The third kappa shape index (κ3) is 4.42. The topological polar surface area (TPSA) is 28.2 Å². The molecule has 0 unspecified atom stereocenters. The van der Waals surface area contributed by atoms with Crippen LogP contribution in [0.5, 0.6) is 0 Å². The van der Waals surface area contributed by atoms with Gasteiger partial charge in [-0.3, -0.25) is 0 Å². The van der Waals surface area contributed by atoms with Gasteiger partial charge in [0.15, 0.2) is 0 Å². The van der Waals surface area contributed by atoms with Crippen LogP contribution in [0.3, 0.4) is 0 Å². The minimum absolute atomic E-state index is 0.856. The van der Waals surface area contributed by atoms with Crippen LogP contribution in [-0.2, 0) is 6.54 Å². The van der Waals surface area contributed by atoms with Crippen molar-refractivity contribution in [3.05, 3.63) is 40.7 Å². The smallest absolute Gasteiger partial charge is 0.107 e. The maximum Gasteiger partial charge on any atom is 0.107 e. The van der Waals surface area contributed by atoms with Gasteiger partial charge in [0.25, 0.3) is 0 Å². The number of thiazole rings is 1. The van der Waals surface area contributed by atoms with Gasteiger partial charge in [0, 0.05) is 30.6 Å². The third-order valence-electron chi connectivity index (χ3n) is 3.11. The highest BCUT2D eigenvalue weighted by Crippen LogP contribution is 2.21. The molecule has 0 aliphatic heterocycles. The number of nitrogens with one attached hydrogen (secondary N) is 1. The van der Waals surface area contributed by atoms with E-state index in [2.05, 4.69) is 46.7 Å². The first-order valence-corrected chi connectivity index (χ1v) is 7.56. The van der Waals surface area contributed by atoms with E-state index in [0.717, 1.165) is 36.9 Å². The molecule has 0 saturated carbocycles. The molecule has 0 aliphatic rings. The fraction of sp³-hybridized carbons (Fsp3) is 0.400. The molecule has 0 aliphatic carbocycles. The lowest BCUT2D eigenvalue weighted by Gasteiger charge is -2.13. The van der Waals surface area contributed by atoms with Crippen LogP contribution in [0.1, 0.15) is 11.9 Å². The normalized spacial score (nSPS) is 11.1. The Hall–Kier alpha value is -1.23. The first-order valence-electron chi connectivity index (χ1n) is 6.68. The largest absolute Gasteiger partial charge is 0.309 e. The summed E-state index contributed by atoms with van der Waals surface area (Å²) >= 11 is 1.72. The highest BCUT2D eigenvalue weighted by Gasteiger charge is 2.03. The summed E-state index contributed by atoms with van der Waals surface area (Å²) in [5, 5.41) is 6.72. The van der Waals surface area contributed by atoms with Gasteiger partial charge in [0.1, 0.15) is 5.01 Å². The summed E-state index contributed by atoms with van der Waals surface area (Å²) in [6.07, 6.45) is 0. The maximum absolute atomic E-state index is 4.66. The molecule has 1 heterocycles. The van der Waals surface area contributed by atoms with E-state index in [9.17, 15) is 0 Å². The molecule has 0 atom stereocenters. The predicted octanol–water partition coefficient (Wildman–Crippen LogP) is 2.85. The number of aromatic nitrogens is 1. The van der Waals surface area contributed by atoms with Crippen molar-refractivity contribution < 1.29 is 0 Å². The van der Waals surface area contributed by atoms with Gasteiger partial charge in [-0.05, 0) is 13.6 Å². The van der Waals surface area contributed by atoms with Crippen LogP contribution in [0.25, 0.3) is 11.3 Å². The maximum atomic E-state index is 4.66. The molecule has 0 spiro atoms. The van der Waals surface area contributed by atoms with Gasteiger partial charge in [0.05, 0.1) is 5.69 Å². The van der Waals surface area contributed by atoms with Crippen molar-refractivity contribution in [1.29, 1.82) is 0 Å². The minimum atomic E-state index is 0.856. The lowest BCUT2D eigenvalue weighted by atomic mass is 10.2. The number of rotatable bonds is 7. The summed E-state index contributed by atoms with van der Waals surface area (Å²) in [5.41, 5.74) is 2.27. The first-order chi connectivity index (χ1) is 9.29. The van der Waals surface area contributed by atoms with Crippen molar-refractivity contribution in [2.75, 3.05) is 26.7 Å². The predicted molar refractivity (Wildman–Crippen MR) is 82.4 cm³/mol. The number of hydrogen-bond donors (Lipinski definition) is 1. The van der Waals surface area contributed by atoms with E-state index in [4.69, 9.17) is 0 Å². The molecule has 0 radical (unpaired) electrons. The van der Waals surface area contributed by atoms with E-state index >= 15 is 0 Å². The van der Waals surface area contributed by atoms with E-state index in [1.165, 1.54) is 5.56 Å². The molecule has 0 fully saturated rings. The summed E-state index contributed by atoms with van der Waals surface area (Å²) in [6, 6.07) is 10.3. The second-order valence-corrected chi connectivity index (χ2v) is 5.51. The second-order valence-electron chi connectivity index (χ2n) is 4.57. The molecule has 19 heavy (non-hydrogen) atoms. The number of nitrogens with zero attached hydrogens (tertiary/aromatic N) is 2. The Bertz CT molecular complexity index is 481. The number of hydrogen-bond acceptors (Lipinski definition) is 4. The van der Waals surface area contributed by atoms with E-state index in [1.807, 2.05) is 18.2 Å². The highest BCUT2D eigenvalue weighted by atomic mass is 32.1. The van der Waals surface area contributed by atoms with Gasteiger partial charge in [-0.1, -0.05) is 37.3 Å². The van der Waals surface area contributed by atoms with Crippen molar-refractivity contribution >= 4 is 11.3 Å². The first kappa shape index (κ1) is 14.2. The molecule has 102 valence electrons. The second kappa shape index (κ2) is 7.38. The van der Waals surface area contributed by atoms with Gasteiger partial charge < -0.3 is 10.2 Å². The van der Waals surface area contributed by atoms with Crippen LogP contribution in [0, 0.1) is 0 Å². The van der Waals surface area contributed by atoms with Crippen LogP contribution in [0.4, 0.5) is 0 Å². The Morgan fingerprint density at radius 3 is 2.79 bits per heavy atom. The summed E-state index contributed by atoms with van der Waals surface area (Å²) in [6.45, 7) is 6.21. The van der Waals surface area contributed by atoms with Gasteiger partial charge in [-0.25, -0.2) is 4.98 Å². The van der Waals surface area contributed by atoms with Gasteiger partial charge >= 0.3 is 0 Å². The summed E-state index contributed by atoms with van der Waals surface area (Å²) in [7, 11) is 2.14. The number of benzene rings is 1. The zero-order valence-corrected chi connectivity index (χ0v) is 12.4. The number of likely N-dealkylation sites (N-methyl/N-ethyl adjacent to an activating group) is 1. The standard InChI is InChI=1S/C15H21N3S/c1-3-18(2)10-9-16-11-15-17-14(12-19-15)13-7-5-4-6-8-13/h4-8,12,16H,3,9-11H2,1-2H3. The molecule has 1 aromatic carbocycles. The van der Waals surface area contributed by atoms with Gasteiger partial charge in [-0.15, -0.1) is 11.3 Å². The van der Waals surface area contributed by atoms with Crippen molar-refractivity contribution in [3.63, 3.8) is 0 Å². The monoisotopic (exact) mass is 275 g/mol. The Morgan fingerprint density at radius 2 is 2.05 bits per heavy atom. The Balaban J connectivity index is 1.82. The van der Waals surface area contributed by atoms with Crippen LogP contribution in [0.2, 0.25) is 0 Å². The average molecular weight is 275 g/mol. The summed E-state index contributed by atoms with van der Waals surface area (Å²) in [5.74, 6) is 0. The van der Waals surface area contributed by atoms with E-state index in [0.29, 0.717) is 0 Å². The van der Waals surface area contributed by atoms with E-state index in [1.54, 1.807) is 11.3 Å². The van der Waals surface area contributed by atoms with E-state index in [-0.39, 0.29) is 0 Å². The zero-order chi connectivity index (χ0) is 13.5. The van der Waals surface area contributed by atoms with Gasteiger partial charge in [-0.2, -0.15) is 0 Å². The van der Waals surface area contributed by atoms with Crippen LogP contribution >= 0.6 is 11.3 Å². The van der Waals surface area contributed by atoms with Crippen molar-refractivity contribution in [1.82, 2.24) is 15.2 Å². The van der Waals surface area contributed by atoms with Crippen molar-refractivity contribution in [2.24, 2.45) is 0 Å². The third-order valence-corrected chi connectivity index (χ3v) is 3.96. The molecule has 3 nitrogen and oxygen atoms in total. The molecule has 0 amide bonds. The lowest BCUT2D eigenvalue weighted by Crippen LogP contribution is -2.28. The fourth-order valence-electron chi connectivity index (χ4n) is 1.76. The molecule has 4 heteroatoms. The molecule has 0 bridgehead atoms. The highest BCUT2D eigenvalue weighted by molar-refractivity contribution is 7.09. The summed E-state index contributed by atoms with van der Waals surface area (Å²) < 4.78 is 0. The quantitative estimate of drug-likeness (QED) is 0.788. The Kier molecular flexibility index (Phi) is 5.51. The van der Waals surface area contributed by atoms with Gasteiger partial charge in [0.2, 0.25) is 0 Å². The zero-order valence-electron chi connectivity index (χ0n) is 11.6. The molecular weight excluding hydrogens is 254 g/mol. The van der Waals surface area contributed by atoms with Crippen molar-refractivity contribution in [3.8, 4) is 11.3 Å². The lowest BCUT2D eigenvalue weighted by molar-refractivity contribution is 0.349. The van der Waals surface area contributed by atoms with Crippen molar-refractivity contribution in [2.45, 2.75) is 13.5 Å². The summed E-state index contributed by atoms with van der Waals surface area (Å²) in [4.78, 5) is 6.96. The SMILES string of the molecule is CCN(C)CCNCc1nc(-c2ccccc2)cs1. The Labute approximate surface area is 119 Å².